The lowest BCUT2D eigenvalue weighted by molar-refractivity contribution is -0.142. The van der Waals surface area contributed by atoms with Crippen LogP contribution in [0.3, 0.4) is 0 Å². The first-order valence-corrected chi connectivity index (χ1v) is 9.77. The number of nitrogens with one attached hydrogen (secondary N) is 1. The molecule has 0 aromatic carbocycles. The van der Waals surface area contributed by atoms with E-state index >= 15 is 0 Å². The van der Waals surface area contributed by atoms with Crippen LogP contribution in [0.4, 0.5) is 19.0 Å². The van der Waals surface area contributed by atoms with Crippen LogP contribution in [0.2, 0.25) is 0 Å². The van der Waals surface area contributed by atoms with E-state index in [0.717, 1.165) is 42.9 Å². The Morgan fingerprint density at radius 3 is 2.53 bits per heavy atom. The van der Waals surface area contributed by atoms with E-state index in [1.165, 1.54) is 30.7 Å². The molecule has 0 spiro atoms. The van der Waals surface area contributed by atoms with Crippen molar-refractivity contribution in [2.24, 2.45) is 5.92 Å². The van der Waals surface area contributed by atoms with Crippen molar-refractivity contribution in [3.05, 3.63) is 54.6 Å². The van der Waals surface area contributed by atoms with Gasteiger partial charge in [-0.05, 0) is 43.2 Å². The van der Waals surface area contributed by atoms with Gasteiger partial charge in [0.15, 0.2) is 0 Å². The average Bonchev–Trinajstić information content (AvgIpc) is 3.22. The molecule has 3 aromatic heterocycles. The lowest BCUT2D eigenvalue weighted by Crippen LogP contribution is -2.25. The second-order valence-electron chi connectivity index (χ2n) is 7.29. The predicted molar refractivity (Wildman–Crippen MR) is 105 cm³/mol. The normalized spacial score (nSPS) is 15.2. The van der Waals surface area contributed by atoms with Gasteiger partial charge in [0.1, 0.15) is 11.5 Å². The lowest BCUT2D eigenvalue weighted by atomic mass is 9.89. The molecule has 4 rings (SSSR count). The highest BCUT2D eigenvalue weighted by atomic mass is 19.4. The number of alkyl halides is 3. The zero-order valence-electron chi connectivity index (χ0n) is 16.1. The zero-order chi connectivity index (χ0) is 21.1. The number of halogens is 3. The summed E-state index contributed by atoms with van der Waals surface area (Å²) in [5, 5.41) is 6.87. The Balaban J connectivity index is 1.59. The smallest absolute Gasteiger partial charge is 0.310 e. The maximum absolute atomic E-state index is 13.6. The first-order valence-electron chi connectivity index (χ1n) is 9.77. The van der Waals surface area contributed by atoms with E-state index in [0.29, 0.717) is 11.4 Å². The van der Waals surface area contributed by atoms with E-state index in [9.17, 15) is 18.0 Å². The number of hydrogen-bond donors (Lipinski definition) is 1. The molecule has 1 aliphatic rings. The fourth-order valence-electron chi connectivity index (χ4n) is 3.61. The third-order valence-electron chi connectivity index (χ3n) is 5.18. The molecule has 6 nitrogen and oxygen atoms in total. The summed E-state index contributed by atoms with van der Waals surface area (Å²) in [6.07, 6.45) is 4.57. The Labute approximate surface area is 171 Å². The van der Waals surface area contributed by atoms with Crippen molar-refractivity contribution >= 4 is 11.7 Å². The molecule has 3 heterocycles. The zero-order valence-corrected chi connectivity index (χ0v) is 16.1. The molecule has 0 bridgehead atoms. The Kier molecular flexibility index (Phi) is 5.52. The SMILES string of the molecule is O=C(Nc1ccc(-n2nc(-c3cccnc3)cc2C(F)(F)F)cn1)C1CCCCC1. The Morgan fingerprint density at radius 2 is 1.90 bits per heavy atom. The van der Waals surface area contributed by atoms with Crippen molar-refractivity contribution in [2.75, 3.05) is 5.32 Å². The monoisotopic (exact) mass is 415 g/mol. The summed E-state index contributed by atoms with van der Waals surface area (Å²) in [6.45, 7) is 0. The molecular weight excluding hydrogens is 395 g/mol. The highest BCUT2D eigenvalue weighted by Crippen LogP contribution is 2.34. The van der Waals surface area contributed by atoms with Crippen LogP contribution < -0.4 is 5.32 Å². The first kappa shape index (κ1) is 20.1. The summed E-state index contributed by atoms with van der Waals surface area (Å²) in [7, 11) is 0. The van der Waals surface area contributed by atoms with Crippen LogP contribution in [-0.2, 0) is 11.0 Å². The minimum atomic E-state index is -4.60. The van der Waals surface area contributed by atoms with Crippen molar-refractivity contribution in [3.8, 4) is 16.9 Å². The largest absolute Gasteiger partial charge is 0.433 e. The van der Waals surface area contributed by atoms with Crippen LogP contribution in [-0.4, -0.2) is 25.7 Å². The molecule has 3 aromatic rings. The topological polar surface area (TPSA) is 72.7 Å². The highest BCUT2D eigenvalue weighted by Gasteiger charge is 2.36. The van der Waals surface area contributed by atoms with Gasteiger partial charge in [0.25, 0.3) is 0 Å². The molecule has 0 aliphatic heterocycles. The first-order chi connectivity index (χ1) is 14.4. The number of carbonyl (C=O) groups is 1. The third-order valence-corrected chi connectivity index (χ3v) is 5.18. The van der Waals surface area contributed by atoms with E-state index in [1.807, 2.05) is 0 Å². The second-order valence-corrected chi connectivity index (χ2v) is 7.29. The van der Waals surface area contributed by atoms with E-state index in [2.05, 4.69) is 20.4 Å². The van der Waals surface area contributed by atoms with Crippen LogP contribution in [0, 0.1) is 5.92 Å². The number of nitrogens with zero attached hydrogens (tertiary/aromatic N) is 4. The van der Waals surface area contributed by atoms with Crippen molar-refractivity contribution in [1.82, 2.24) is 19.7 Å². The summed E-state index contributed by atoms with van der Waals surface area (Å²) in [6, 6.07) is 7.20. The summed E-state index contributed by atoms with van der Waals surface area (Å²) in [5.74, 6) is 0.177. The van der Waals surface area contributed by atoms with Crippen LogP contribution in [0.5, 0.6) is 0 Å². The van der Waals surface area contributed by atoms with E-state index in [-0.39, 0.29) is 23.2 Å². The van der Waals surface area contributed by atoms with Crippen LogP contribution >= 0.6 is 0 Å². The van der Waals surface area contributed by atoms with Crippen LogP contribution in [0.25, 0.3) is 16.9 Å². The molecule has 30 heavy (non-hydrogen) atoms. The van der Waals surface area contributed by atoms with E-state index in [1.54, 1.807) is 12.1 Å². The van der Waals surface area contributed by atoms with E-state index in [4.69, 9.17) is 0 Å². The van der Waals surface area contributed by atoms with Crippen LogP contribution in [0.15, 0.2) is 48.9 Å². The average molecular weight is 415 g/mol. The number of rotatable bonds is 4. The standard InChI is InChI=1S/C21H20F3N5O/c22-21(23,24)18-11-17(15-7-4-10-25-12-15)28-29(18)16-8-9-19(26-13-16)27-20(30)14-5-2-1-3-6-14/h4,7-14H,1-3,5-6H2,(H,26,27,30). The van der Waals surface area contributed by atoms with Crippen LogP contribution in [0.1, 0.15) is 37.8 Å². The molecule has 0 unspecified atom stereocenters. The molecule has 1 amide bonds. The third kappa shape index (κ3) is 4.34. The van der Waals surface area contributed by atoms with Crippen molar-refractivity contribution < 1.29 is 18.0 Å². The molecule has 0 radical (unpaired) electrons. The van der Waals surface area contributed by atoms with Gasteiger partial charge in [0.2, 0.25) is 5.91 Å². The van der Waals surface area contributed by atoms with E-state index < -0.39 is 11.9 Å². The molecule has 156 valence electrons. The predicted octanol–water partition coefficient (Wildman–Crippen LogP) is 4.87. The van der Waals surface area contributed by atoms with Gasteiger partial charge in [-0.3, -0.25) is 9.78 Å². The molecule has 1 aliphatic carbocycles. The minimum Gasteiger partial charge on any atom is -0.310 e. The fraction of sp³-hybridized carbons (Fsp3) is 0.333. The van der Waals surface area contributed by atoms with Crippen molar-refractivity contribution in [2.45, 2.75) is 38.3 Å². The number of amides is 1. The quantitative estimate of drug-likeness (QED) is 0.660. The summed E-state index contributed by atoms with van der Waals surface area (Å²) < 4.78 is 41.5. The van der Waals surface area contributed by atoms with Gasteiger partial charge in [0.05, 0.1) is 17.6 Å². The maximum Gasteiger partial charge on any atom is 0.433 e. The maximum atomic E-state index is 13.6. The molecule has 1 saturated carbocycles. The summed E-state index contributed by atoms with van der Waals surface area (Å²) >= 11 is 0. The second kappa shape index (κ2) is 8.25. The van der Waals surface area contributed by atoms with Crippen molar-refractivity contribution in [1.29, 1.82) is 0 Å². The van der Waals surface area contributed by atoms with Gasteiger partial charge in [-0.25, -0.2) is 9.67 Å². The van der Waals surface area contributed by atoms with Crippen molar-refractivity contribution in [3.63, 3.8) is 0 Å². The Bertz CT molecular complexity index is 1010. The van der Waals surface area contributed by atoms with Gasteiger partial charge < -0.3 is 5.32 Å². The number of aromatic nitrogens is 4. The molecule has 0 saturated heterocycles. The number of anilines is 1. The summed E-state index contributed by atoms with van der Waals surface area (Å²) in [5.41, 5.74) is -0.133. The molecule has 9 heteroatoms. The minimum absolute atomic E-state index is 0.0368. The number of hydrogen-bond acceptors (Lipinski definition) is 4. The van der Waals surface area contributed by atoms with Gasteiger partial charge in [-0.15, -0.1) is 0 Å². The highest BCUT2D eigenvalue weighted by molar-refractivity contribution is 5.91. The van der Waals surface area contributed by atoms with Gasteiger partial charge >= 0.3 is 6.18 Å². The Morgan fingerprint density at radius 1 is 1.10 bits per heavy atom. The summed E-state index contributed by atoms with van der Waals surface area (Å²) in [4.78, 5) is 20.4. The van der Waals surface area contributed by atoms with Gasteiger partial charge in [-0.2, -0.15) is 18.3 Å². The molecule has 0 atom stereocenters. The van der Waals surface area contributed by atoms with Gasteiger partial charge in [0, 0.05) is 23.9 Å². The number of pyridine rings is 2. The lowest BCUT2D eigenvalue weighted by Gasteiger charge is -2.20. The fourth-order valence-corrected chi connectivity index (χ4v) is 3.61. The van der Waals surface area contributed by atoms with Gasteiger partial charge in [-0.1, -0.05) is 19.3 Å². The molecule has 1 fully saturated rings. The molecule has 1 N–H and O–H groups in total. The number of carbonyl (C=O) groups excluding carboxylic acids is 1. The Hall–Kier alpha value is -3.23. The molecular formula is C21H20F3N5O.